The van der Waals surface area contributed by atoms with Crippen molar-refractivity contribution < 1.29 is 0 Å². The van der Waals surface area contributed by atoms with Crippen LogP contribution in [-0.2, 0) is 6.54 Å². The van der Waals surface area contributed by atoms with Gasteiger partial charge >= 0.3 is 0 Å². The van der Waals surface area contributed by atoms with Crippen LogP contribution in [0.2, 0.25) is 5.02 Å². The van der Waals surface area contributed by atoms with E-state index in [4.69, 9.17) is 11.6 Å². The highest BCUT2D eigenvalue weighted by Gasteiger charge is 2.07. The van der Waals surface area contributed by atoms with Crippen molar-refractivity contribution in [3.05, 3.63) is 51.2 Å². The van der Waals surface area contributed by atoms with Crippen LogP contribution in [0.1, 0.15) is 24.1 Å². The Morgan fingerprint density at radius 2 is 2.35 bits per heavy atom. The van der Waals surface area contributed by atoms with Crippen molar-refractivity contribution in [3.8, 4) is 0 Å². The van der Waals surface area contributed by atoms with E-state index in [0.29, 0.717) is 0 Å². The number of hydrogen-bond donors (Lipinski definition) is 2. The van der Waals surface area contributed by atoms with Crippen molar-refractivity contribution >= 4 is 27.5 Å². The molecule has 1 aromatic heterocycles. The summed E-state index contributed by atoms with van der Waals surface area (Å²) >= 11 is 9.54. The van der Waals surface area contributed by atoms with Gasteiger partial charge in [0.1, 0.15) is 0 Å². The van der Waals surface area contributed by atoms with E-state index in [-0.39, 0.29) is 6.04 Å². The SMILES string of the molecule is CC(NCc1ccc(Br)cc1Cl)c1cn[nH]c1. The first-order valence-electron chi connectivity index (χ1n) is 5.33. The van der Waals surface area contributed by atoms with Crippen LogP contribution < -0.4 is 5.32 Å². The molecule has 1 aromatic carbocycles. The summed E-state index contributed by atoms with van der Waals surface area (Å²) in [5, 5.41) is 10.9. The number of rotatable bonds is 4. The minimum absolute atomic E-state index is 0.244. The molecule has 2 N–H and O–H groups in total. The summed E-state index contributed by atoms with van der Waals surface area (Å²) in [4.78, 5) is 0. The highest BCUT2D eigenvalue weighted by atomic mass is 79.9. The van der Waals surface area contributed by atoms with E-state index in [1.165, 1.54) is 0 Å². The molecule has 5 heteroatoms. The van der Waals surface area contributed by atoms with Crippen LogP contribution >= 0.6 is 27.5 Å². The lowest BCUT2D eigenvalue weighted by molar-refractivity contribution is 0.575. The highest BCUT2D eigenvalue weighted by molar-refractivity contribution is 9.10. The maximum absolute atomic E-state index is 6.15. The Hall–Kier alpha value is -0.840. The lowest BCUT2D eigenvalue weighted by atomic mass is 10.1. The van der Waals surface area contributed by atoms with Crippen molar-refractivity contribution in [1.82, 2.24) is 15.5 Å². The molecule has 0 saturated carbocycles. The van der Waals surface area contributed by atoms with E-state index in [2.05, 4.69) is 38.4 Å². The topological polar surface area (TPSA) is 40.7 Å². The Morgan fingerprint density at radius 1 is 1.53 bits per heavy atom. The van der Waals surface area contributed by atoms with Crippen molar-refractivity contribution in [2.75, 3.05) is 0 Å². The van der Waals surface area contributed by atoms with E-state index in [0.717, 1.165) is 27.2 Å². The van der Waals surface area contributed by atoms with Gasteiger partial charge in [-0.3, -0.25) is 5.10 Å². The highest BCUT2D eigenvalue weighted by Crippen LogP contribution is 2.22. The zero-order chi connectivity index (χ0) is 12.3. The second-order valence-electron chi connectivity index (χ2n) is 3.87. The van der Waals surface area contributed by atoms with Crippen LogP contribution in [-0.4, -0.2) is 10.2 Å². The van der Waals surface area contributed by atoms with Gasteiger partial charge in [-0.15, -0.1) is 0 Å². The molecule has 2 rings (SSSR count). The molecule has 0 bridgehead atoms. The molecule has 0 spiro atoms. The fraction of sp³-hybridized carbons (Fsp3) is 0.250. The lowest BCUT2D eigenvalue weighted by Gasteiger charge is -2.12. The third-order valence-electron chi connectivity index (χ3n) is 2.63. The summed E-state index contributed by atoms with van der Waals surface area (Å²) in [5.74, 6) is 0. The number of aromatic amines is 1. The first kappa shape index (κ1) is 12.6. The fourth-order valence-corrected chi connectivity index (χ4v) is 2.28. The fourth-order valence-electron chi connectivity index (χ4n) is 1.54. The second-order valence-corrected chi connectivity index (χ2v) is 5.19. The Kier molecular flexibility index (Phi) is 4.20. The molecular formula is C12H13BrClN3. The van der Waals surface area contributed by atoms with Gasteiger partial charge in [-0.05, 0) is 24.6 Å². The molecule has 0 amide bonds. The second kappa shape index (κ2) is 5.67. The van der Waals surface area contributed by atoms with E-state index >= 15 is 0 Å². The van der Waals surface area contributed by atoms with Gasteiger partial charge in [-0.25, -0.2) is 0 Å². The molecule has 0 aliphatic rings. The Balaban J connectivity index is 1.98. The summed E-state index contributed by atoms with van der Waals surface area (Å²) in [7, 11) is 0. The average molecular weight is 315 g/mol. The summed E-state index contributed by atoms with van der Waals surface area (Å²) < 4.78 is 0.995. The van der Waals surface area contributed by atoms with E-state index < -0.39 is 0 Å². The molecule has 0 fully saturated rings. The molecule has 0 radical (unpaired) electrons. The minimum atomic E-state index is 0.244. The number of benzene rings is 1. The maximum Gasteiger partial charge on any atom is 0.0534 e. The monoisotopic (exact) mass is 313 g/mol. The van der Waals surface area contributed by atoms with Gasteiger partial charge in [0.25, 0.3) is 0 Å². The number of nitrogens with one attached hydrogen (secondary N) is 2. The van der Waals surface area contributed by atoms with E-state index in [9.17, 15) is 0 Å². The van der Waals surface area contributed by atoms with Crippen molar-refractivity contribution in [2.24, 2.45) is 0 Å². The molecule has 17 heavy (non-hydrogen) atoms. The first-order chi connectivity index (χ1) is 8.16. The largest absolute Gasteiger partial charge is 0.306 e. The summed E-state index contributed by atoms with van der Waals surface area (Å²) in [6.45, 7) is 2.83. The molecule has 90 valence electrons. The number of halogens is 2. The molecule has 1 atom stereocenters. The number of aromatic nitrogens is 2. The normalized spacial score (nSPS) is 12.6. The Labute approximate surface area is 114 Å². The quantitative estimate of drug-likeness (QED) is 0.904. The van der Waals surface area contributed by atoms with Crippen molar-refractivity contribution in [3.63, 3.8) is 0 Å². The average Bonchev–Trinajstić information content (AvgIpc) is 2.81. The summed E-state index contributed by atoms with van der Waals surface area (Å²) in [6, 6.07) is 6.15. The Morgan fingerprint density at radius 3 is 3.00 bits per heavy atom. The molecule has 1 unspecified atom stereocenters. The van der Waals surface area contributed by atoms with Gasteiger partial charge in [0.2, 0.25) is 0 Å². The first-order valence-corrected chi connectivity index (χ1v) is 6.50. The van der Waals surface area contributed by atoms with Gasteiger partial charge in [0, 0.05) is 33.8 Å². The lowest BCUT2D eigenvalue weighted by Crippen LogP contribution is -2.17. The zero-order valence-electron chi connectivity index (χ0n) is 9.37. The van der Waals surface area contributed by atoms with E-state index in [1.807, 2.05) is 30.6 Å². The van der Waals surface area contributed by atoms with E-state index in [1.54, 1.807) is 0 Å². The molecule has 1 heterocycles. The number of H-pyrrole nitrogens is 1. The third kappa shape index (κ3) is 3.31. The van der Waals surface area contributed by atoms with Crippen LogP contribution in [0.4, 0.5) is 0 Å². The third-order valence-corrected chi connectivity index (χ3v) is 3.48. The predicted molar refractivity (Wildman–Crippen MR) is 73.0 cm³/mol. The molecular weight excluding hydrogens is 302 g/mol. The van der Waals surface area contributed by atoms with Gasteiger partial charge < -0.3 is 5.32 Å². The van der Waals surface area contributed by atoms with Crippen LogP contribution in [0.5, 0.6) is 0 Å². The smallest absolute Gasteiger partial charge is 0.0534 e. The van der Waals surface area contributed by atoms with Gasteiger partial charge in [0.15, 0.2) is 0 Å². The van der Waals surface area contributed by atoms with Crippen LogP contribution in [0, 0.1) is 0 Å². The maximum atomic E-state index is 6.15. The minimum Gasteiger partial charge on any atom is -0.306 e. The van der Waals surface area contributed by atoms with Crippen molar-refractivity contribution in [2.45, 2.75) is 19.5 Å². The zero-order valence-corrected chi connectivity index (χ0v) is 11.7. The molecule has 0 aliphatic carbocycles. The summed E-state index contributed by atoms with van der Waals surface area (Å²) in [6.07, 6.45) is 3.71. The molecule has 0 aliphatic heterocycles. The van der Waals surface area contributed by atoms with Crippen molar-refractivity contribution in [1.29, 1.82) is 0 Å². The van der Waals surface area contributed by atoms with Crippen LogP contribution in [0.25, 0.3) is 0 Å². The molecule has 2 aromatic rings. The van der Waals surface area contributed by atoms with Crippen LogP contribution in [0.15, 0.2) is 35.1 Å². The molecule has 3 nitrogen and oxygen atoms in total. The van der Waals surface area contributed by atoms with Gasteiger partial charge in [0.05, 0.1) is 6.20 Å². The number of nitrogens with zero attached hydrogens (tertiary/aromatic N) is 1. The standard InChI is InChI=1S/C12H13BrClN3/c1-8(10-6-16-17-7-10)15-5-9-2-3-11(13)4-12(9)14/h2-4,6-8,15H,5H2,1H3,(H,16,17). The van der Waals surface area contributed by atoms with Crippen LogP contribution in [0.3, 0.4) is 0 Å². The van der Waals surface area contributed by atoms with Gasteiger partial charge in [-0.2, -0.15) is 5.10 Å². The summed E-state index contributed by atoms with van der Waals surface area (Å²) in [5.41, 5.74) is 2.23. The molecule has 0 saturated heterocycles. The number of hydrogen-bond acceptors (Lipinski definition) is 2. The van der Waals surface area contributed by atoms with Gasteiger partial charge in [-0.1, -0.05) is 33.6 Å². The predicted octanol–water partition coefficient (Wildman–Crippen LogP) is 3.68. The Bertz CT molecular complexity index is 485.